The van der Waals surface area contributed by atoms with Crippen LogP contribution in [0.4, 0.5) is 0 Å². The molecule has 4 heteroatoms. The highest BCUT2D eigenvalue weighted by atomic mass is 16.6. The van der Waals surface area contributed by atoms with Gasteiger partial charge in [-0.2, -0.15) is 0 Å². The van der Waals surface area contributed by atoms with Crippen molar-refractivity contribution in [2.24, 2.45) is 0 Å². The van der Waals surface area contributed by atoms with Crippen LogP contribution in [-0.2, 0) is 19.1 Å². The summed E-state index contributed by atoms with van der Waals surface area (Å²) < 4.78 is 10.5. The summed E-state index contributed by atoms with van der Waals surface area (Å²) in [6.07, 6.45) is 14.8. The molecule has 1 unspecified atom stereocenters. The first-order valence-electron chi connectivity index (χ1n) is 9.77. The summed E-state index contributed by atoms with van der Waals surface area (Å²) in [5.74, 6) is -0.162. The number of hydrogen-bond donors (Lipinski definition) is 0. The number of hydrogen-bond acceptors (Lipinski definition) is 4. The Bertz CT molecular complexity index is 400. The lowest BCUT2D eigenvalue weighted by Crippen LogP contribution is -2.24. The molecular formula is C20H34O4. The second-order valence-electron chi connectivity index (χ2n) is 6.71. The topological polar surface area (TPSA) is 52.6 Å². The minimum absolute atomic E-state index is 0.150. The zero-order valence-electron chi connectivity index (χ0n) is 15.5. The van der Waals surface area contributed by atoms with Gasteiger partial charge in [-0.15, -0.1) is 0 Å². The van der Waals surface area contributed by atoms with Gasteiger partial charge in [-0.3, -0.25) is 4.79 Å². The van der Waals surface area contributed by atoms with Crippen LogP contribution in [0, 0.1) is 0 Å². The summed E-state index contributed by atoms with van der Waals surface area (Å²) >= 11 is 0. The first kappa shape index (κ1) is 20.7. The molecule has 0 spiro atoms. The molecule has 1 aliphatic heterocycles. The van der Waals surface area contributed by atoms with Crippen LogP contribution in [0.2, 0.25) is 0 Å². The summed E-state index contributed by atoms with van der Waals surface area (Å²) in [7, 11) is 0. The van der Waals surface area contributed by atoms with Gasteiger partial charge in [0, 0.05) is 12.8 Å². The van der Waals surface area contributed by atoms with Crippen molar-refractivity contribution in [3.63, 3.8) is 0 Å². The van der Waals surface area contributed by atoms with E-state index in [1.165, 1.54) is 51.0 Å². The third-order valence-corrected chi connectivity index (χ3v) is 4.33. The highest BCUT2D eigenvalue weighted by Gasteiger charge is 2.23. The minimum Gasteiger partial charge on any atom is -0.459 e. The van der Waals surface area contributed by atoms with Crippen LogP contribution in [-0.4, -0.2) is 18.0 Å². The van der Waals surface area contributed by atoms with E-state index in [1.54, 1.807) is 0 Å². The Morgan fingerprint density at radius 3 is 2.29 bits per heavy atom. The van der Waals surface area contributed by atoms with Gasteiger partial charge in [-0.1, -0.05) is 71.6 Å². The van der Waals surface area contributed by atoms with E-state index >= 15 is 0 Å². The number of carbonyl (C=O) groups is 2. The van der Waals surface area contributed by atoms with E-state index in [4.69, 9.17) is 9.47 Å². The molecule has 0 aromatic rings. The van der Waals surface area contributed by atoms with Gasteiger partial charge in [0.15, 0.2) is 0 Å². The molecular weight excluding hydrogens is 304 g/mol. The van der Waals surface area contributed by atoms with E-state index in [1.807, 2.05) is 6.92 Å². The molecule has 0 N–H and O–H groups in total. The lowest BCUT2D eigenvalue weighted by atomic mass is 10.1. The maximum atomic E-state index is 11.9. The van der Waals surface area contributed by atoms with Gasteiger partial charge < -0.3 is 9.47 Å². The summed E-state index contributed by atoms with van der Waals surface area (Å²) in [6.45, 7) is 4.27. The molecule has 0 amide bonds. The highest BCUT2D eigenvalue weighted by Crippen LogP contribution is 2.21. The van der Waals surface area contributed by atoms with Crippen LogP contribution in [0.1, 0.15) is 97.3 Å². The first-order valence-corrected chi connectivity index (χ1v) is 9.77. The fourth-order valence-electron chi connectivity index (χ4n) is 2.99. The molecule has 1 heterocycles. The molecule has 0 aromatic heterocycles. The van der Waals surface area contributed by atoms with Crippen LogP contribution in [0.25, 0.3) is 0 Å². The maximum absolute atomic E-state index is 11.9. The van der Waals surface area contributed by atoms with E-state index in [9.17, 15) is 9.59 Å². The predicted molar refractivity (Wildman–Crippen MR) is 95.4 cm³/mol. The Labute approximate surface area is 147 Å². The largest absolute Gasteiger partial charge is 0.459 e. The normalized spacial score (nSPS) is 17.3. The fourth-order valence-corrected chi connectivity index (χ4v) is 2.99. The van der Waals surface area contributed by atoms with E-state index in [0.29, 0.717) is 18.6 Å². The van der Waals surface area contributed by atoms with Crippen LogP contribution in [0.15, 0.2) is 11.8 Å². The van der Waals surface area contributed by atoms with Crippen molar-refractivity contribution in [1.82, 2.24) is 0 Å². The van der Waals surface area contributed by atoms with Crippen molar-refractivity contribution < 1.29 is 19.1 Å². The van der Waals surface area contributed by atoms with Crippen LogP contribution < -0.4 is 0 Å². The van der Waals surface area contributed by atoms with Crippen molar-refractivity contribution >= 4 is 11.9 Å². The molecule has 24 heavy (non-hydrogen) atoms. The smallest absolute Gasteiger partial charge is 0.334 e. The van der Waals surface area contributed by atoms with E-state index in [0.717, 1.165) is 25.7 Å². The molecule has 0 aliphatic carbocycles. The number of ether oxygens (including phenoxy) is 2. The average Bonchev–Trinajstić information content (AvgIpc) is 2.53. The van der Waals surface area contributed by atoms with Crippen LogP contribution in [0.5, 0.6) is 0 Å². The monoisotopic (exact) mass is 338 g/mol. The maximum Gasteiger partial charge on any atom is 0.334 e. The zero-order chi connectivity index (χ0) is 17.6. The Balaban J connectivity index is 2.08. The van der Waals surface area contributed by atoms with Crippen molar-refractivity contribution in [1.29, 1.82) is 0 Å². The lowest BCUT2D eigenvalue weighted by molar-refractivity contribution is -0.148. The molecule has 138 valence electrons. The van der Waals surface area contributed by atoms with E-state index < -0.39 is 5.97 Å². The van der Waals surface area contributed by atoms with Crippen molar-refractivity contribution in [2.45, 2.75) is 103 Å². The van der Waals surface area contributed by atoms with Gasteiger partial charge in [0.1, 0.15) is 11.9 Å². The summed E-state index contributed by atoms with van der Waals surface area (Å²) in [5, 5.41) is 0. The molecule has 0 bridgehead atoms. The van der Waals surface area contributed by atoms with Crippen LogP contribution >= 0.6 is 0 Å². The van der Waals surface area contributed by atoms with Gasteiger partial charge in [0.05, 0.1) is 6.08 Å². The van der Waals surface area contributed by atoms with Crippen molar-refractivity contribution in [2.75, 3.05) is 0 Å². The molecule has 0 fully saturated rings. The Kier molecular flexibility index (Phi) is 11.2. The van der Waals surface area contributed by atoms with Gasteiger partial charge in [-0.25, -0.2) is 4.79 Å². The predicted octanol–water partition coefficient (Wildman–Crippen LogP) is 5.45. The number of carbonyl (C=O) groups excluding carboxylic acids is 2. The van der Waals surface area contributed by atoms with Gasteiger partial charge >= 0.3 is 11.9 Å². The second-order valence-corrected chi connectivity index (χ2v) is 6.71. The number of rotatable bonds is 13. The summed E-state index contributed by atoms with van der Waals surface area (Å²) in [5.41, 5.74) is 0. The summed E-state index contributed by atoms with van der Waals surface area (Å²) in [4.78, 5) is 23.4. The third-order valence-electron chi connectivity index (χ3n) is 4.33. The standard InChI is InChI=1S/C20H34O4/c1-3-5-6-7-8-9-10-11-12-14-19(21)24-18-15-17(13-4-2)23-20(22)16-18/h16-17H,3-15H2,1-2H3. The SMILES string of the molecule is CCCCCCCCCCCC(=O)OC1=CC(=O)OC(CCC)C1. The zero-order valence-corrected chi connectivity index (χ0v) is 15.5. The third kappa shape index (κ3) is 9.74. The molecule has 4 nitrogen and oxygen atoms in total. The molecule has 0 saturated heterocycles. The quantitative estimate of drug-likeness (QED) is 0.331. The Morgan fingerprint density at radius 1 is 1.04 bits per heavy atom. The van der Waals surface area contributed by atoms with Gasteiger partial charge in [0.25, 0.3) is 0 Å². The highest BCUT2D eigenvalue weighted by molar-refractivity contribution is 5.84. The number of cyclic esters (lactones) is 1. The van der Waals surface area contributed by atoms with Crippen molar-refractivity contribution in [3.05, 3.63) is 11.8 Å². The Hall–Kier alpha value is -1.32. The van der Waals surface area contributed by atoms with Gasteiger partial charge in [0.2, 0.25) is 0 Å². The molecule has 1 rings (SSSR count). The molecule has 0 aromatic carbocycles. The minimum atomic E-state index is -0.398. The lowest BCUT2D eigenvalue weighted by Gasteiger charge is -2.22. The number of esters is 2. The van der Waals surface area contributed by atoms with E-state index in [2.05, 4.69) is 6.92 Å². The van der Waals surface area contributed by atoms with Crippen molar-refractivity contribution in [3.8, 4) is 0 Å². The Morgan fingerprint density at radius 2 is 1.67 bits per heavy atom. The first-order chi connectivity index (χ1) is 11.7. The molecule has 1 aliphatic rings. The molecule has 1 atom stereocenters. The van der Waals surface area contributed by atoms with Crippen LogP contribution in [0.3, 0.4) is 0 Å². The second kappa shape index (κ2) is 13.0. The molecule has 0 saturated carbocycles. The number of unbranched alkanes of at least 4 members (excludes halogenated alkanes) is 8. The van der Waals surface area contributed by atoms with Gasteiger partial charge in [-0.05, 0) is 12.8 Å². The fraction of sp³-hybridized carbons (Fsp3) is 0.800. The summed E-state index contributed by atoms with van der Waals surface area (Å²) in [6, 6.07) is 0. The molecule has 0 radical (unpaired) electrons. The average molecular weight is 338 g/mol. The van der Waals surface area contributed by atoms with E-state index in [-0.39, 0.29) is 12.1 Å².